The van der Waals surface area contributed by atoms with Gasteiger partial charge in [0.1, 0.15) is 5.82 Å². The van der Waals surface area contributed by atoms with Gasteiger partial charge in [0, 0.05) is 11.3 Å². The minimum atomic E-state index is -3.46. The van der Waals surface area contributed by atoms with E-state index < -0.39 is 15.4 Å². The van der Waals surface area contributed by atoms with E-state index in [4.69, 9.17) is 4.74 Å². The molecule has 0 unspecified atom stereocenters. The maximum atomic E-state index is 13.4. The molecular weight excluding hydrogens is 490 g/mol. The average molecular weight is 524 g/mol. The standard InChI is InChI=1S/C27H33N5O4S/c1-5-36-25-17-28-16-22(30-25)19-9-11-20(12-10-19)29-26(33)27(3,4)23-15-18(2)7-6-8-24(31-23)32-37(34,35)21-13-14-21/h8-12,15-17,21,32H,5-7,13-14H2,1-4H3,(H,29,33)/b18-15-,24-8+,31-23+. The van der Waals surface area contributed by atoms with Crippen LogP contribution in [0, 0.1) is 5.41 Å². The van der Waals surface area contributed by atoms with Gasteiger partial charge in [-0.3, -0.25) is 14.5 Å². The van der Waals surface area contributed by atoms with Crippen molar-refractivity contribution < 1.29 is 17.9 Å². The summed E-state index contributed by atoms with van der Waals surface area (Å²) in [5, 5.41) is 2.60. The normalized spacial score (nSPS) is 20.7. The second-order valence-electron chi connectivity index (χ2n) is 9.79. The van der Waals surface area contributed by atoms with Crippen LogP contribution < -0.4 is 14.8 Å². The van der Waals surface area contributed by atoms with Gasteiger partial charge in [-0.15, -0.1) is 0 Å². The van der Waals surface area contributed by atoms with E-state index in [2.05, 4.69) is 25.0 Å². The molecule has 2 aliphatic rings. The van der Waals surface area contributed by atoms with Crippen molar-refractivity contribution in [2.24, 2.45) is 10.4 Å². The number of ether oxygens (including phenoxy) is 1. The fraction of sp³-hybridized carbons (Fsp3) is 0.407. The summed E-state index contributed by atoms with van der Waals surface area (Å²) in [5.41, 5.74) is 2.66. The van der Waals surface area contributed by atoms with Gasteiger partial charge in [-0.2, -0.15) is 0 Å². The number of carbonyl (C=O) groups excluding carboxylic acids is 1. The van der Waals surface area contributed by atoms with Crippen LogP contribution in [0.25, 0.3) is 11.3 Å². The molecule has 1 fully saturated rings. The van der Waals surface area contributed by atoms with Gasteiger partial charge >= 0.3 is 0 Å². The molecule has 1 aliphatic heterocycles. The second kappa shape index (κ2) is 10.8. The fourth-order valence-electron chi connectivity index (χ4n) is 3.77. The van der Waals surface area contributed by atoms with Crippen molar-refractivity contribution in [1.82, 2.24) is 14.7 Å². The number of carbonyl (C=O) groups is 1. The van der Waals surface area contributed by atoms with E-state index >= 15 is 0 Å². The fourth-order valence-corrected chi connectivity index (χ4v) is 5.12. The van der Waals surface area contributed by atoms with Crippen LogP contribution >= 0.6 is 0 Å². The Kier molecular flexibility index (Phi) is 7.77. The Morgan fingerprint density at radius 3 is 2.57 bits per heavy atom. The number of nitrogens with zero attached hydrogens (tertiary/aromatic N) is 3. The van der Waals surface area contributed by atoms with Crippen LogP contribution in [0.3, 0.4) is 0 Å². The zero-order valence-electron chi connectivity index (χ0n) is 21.6. The van der Waals surface area contributed by atoms with Gasteiger partial charge < -0.3 is 10.1 Å². The SMILES string of the molecule is CCOc1cncc(-c2ccc(NC(=O)C(C)(C)C3=N/C(NS(=O)(=O)C4CC4)=C\CC/C(C)=C\3)cc2)n1. The molecule has 37 heavy (non-hydrogen) atoms. The lowest BCUT2D eigenvalue weighted by molar-refractivity contribution is -0.121. The minimum absolute atomic E-state index is 0.258. The van der Waals surface area contributed by atoms with Crippen LogP contribution in [-0.2, 0) is 14.8 Å². The maximum absolute atomic E-state index is 13.4. The number of sulfonamides is 1. The quantitative estimate of drug-likeness (QED) is 0.495. The van der Waals surface area contributed by atoms with Crippen LogP contribution in [0.15, 0.2) is 65.2 Å². The predicted molar refractivity (Wildman–Crippen MR) is 145 cm³/mol. The summed E-state index contributed by atoms with van der Waals surface area (Å²) >= 11 is 0. The molecule has 2 heterocycles. The van der Waals surface area contributed by atoms with Crippen molar-refractivity contribution in [2.75, 3.05) is 11.9 Å². The summed E-state index contributed by atoms with van der Waals surface area (Å²) in [7, 11) is -3.46. The molecule has 0 radical (unpaired) electrons. The summed E-state index contributed by atoms with van der Waals surface area (Å²) in [6, 6.07) is 7.31. The molecule has 1 saturated carbocycles. The molecule has 1 aliphatic carbocycles. The maximum Gasteiger partial charge on any atom is 0.236 e. The van der Waals surface area contributed by atoms with Gasteiger partial charge in [-0.1, -0.05) is 17.7 Å². The molecule has 196 valence electrons. The number of hydrogen-bond acceptors (Lipinski definition) is 7. The van der Waals surface area contributed by atoms with Crippen LogP contribution in [0.1, 0.15) is 53.4 Å². The van der Waals surface area contributed by atoms with E-state index in [1.807, 2.05) is 32.1 Å². The van der Waals surface area contributed by atoms with Crippen LogP contribution in [0.5, 0.6) is 5.88 Å². The first-order chi connectivity index (χ1) is 17.6. The second-order valence-corrected chi connectivity index (χ2v) is 11.8. The molecule has 0 spiro atoms. The van der Waals surface area contributed by atoms with Crippen molar-refractivity contribution in [3.63, 3.8) is 0 Å². The molecule has 9 nitrogen and oxygen atoms in total. The zero-order valence-corrected chi connectivity index (χ0v) is 22.4. The number of allylic oxidation sites excluding steroid dienone is 3. The molecule has 2 N–H and O–H groups in total. The Morgan fingerprint density at radius 2 is 1.89 bits per heavy atom. The molecule has 0 atom stereocenters. The third-order valence-electron chi connectivity index (χ3n) is 6.26. The first-order valence-electron chi connectivity index (χ1n) is 12.4. The number of amides is 1. The van der Waals surface area contributed by atoms with E-state index in [1.165, 1.54) is 0 Å². The van der Waals surface area contributed by atoms with Gasteiger partial charge in [0.05, 0.1) is 41.1 Å². The van der Waals surface area contributed by atoms with Crippen LogP contribution in [-0.4, -0.2) is 41.9 Å². The monoisotopic (exact) mass is 523 g/mol. The predicted octanol–water partition coefficient (Wildman–Crippen LogP) is 4.61. The number of aliphatic imine (C=N–C) groups is 1. The number of rotatable bonds is 9. The van der Waals surface area contributed by atoms with Crippen molar-refractivity contribution in [3.05, 3.63) is 60.2 Å². The summed E-state index contributed by atoms with van der Waals surface area (Å²) in [5.74, 6) is 0.465. The summed E-state index contributed by atoms with van der Waals surface area (Å²) in [6.07, 6.45) is 9.62. The highest BCUT2D eigenvalue weighted by molar-refractivity contribution is 7.90. The Balaban J connectivity index is 1.52. The van der Waals surface area contributed by atoms with Crippen LogP contribution in [0.2, 0.25) is 0 Å². The van der Waals surface area contributed by atoms with Crippen molar-refractivity contribution in [2.45, 2.75) is 58.6 Å². The smallest absolute Gasteiger partial charge is 0.236 e. The topological polar surface area (TPSA) is 123 Å². The first-order valence-corrected chi connectivity index (χ1v) is 14.0. The number of aromatic nitrogens is 2. The number of hydrogen-bond donors (Lipinski definition) is 2. The molecule has 1 aromatic heterocycles. The lowest BCUT2D eigenvalue weighted by Crippen LogP contribution is -2.38. The molecule has 10 heteroatoms. The molecule has 0 bridgehead atoms. The van der Waals surface area contributed by atoms with E-state index in [1.54, 1.807) is 44.4 Å². The summed E-state index contributed by atoms with van der Waals surface area (Å²) in [4.78, 5) is 26.6. The molecule has 1 aromatic carbocycles. The highest BCUT2D eigenvalue weighted by Gasteiger charge is 2.37. The van der Waals surface area contributed by atoms with E-state index in [-0.39, 0.29) is 17.0 Å². The highest BCUT2D eigenvalue weighted by Crippen LogP contribution is 2.30. The number of nitrogens with one attached hydrogen (secondary N) is 2. The molecule has 4 rings (SSSR count). The lowest BCUT2D eigenvalue weighted by Gasteiger charge is -2.26. The van der Waals surface area contributed by atoms with E-state index in [0.29, 0.717) is 48.8 Å². The molecule has 1 amide bonds. The van der Waals surface area contributed by atoms with Crippen molar-refractivity contribution in [3.8, 4) is 17.1 Å². The third kappa shape index (κ3) is 6.62. The van der Waals surface area contributed by atoms with Crippen molar-refractivity contribution in [1.29, 1.82) is 0 Å². The van der Waals surface area contributed by atoms with Gasteiger partial charge in [0.2, 0.25) is 21.8 Å². The van der Waals surface area contributed by atoms with E-state index in [0.717, 1.165) is 17.6 Å². The van der Waals surface area contributed by atoms with Crippen molar-refractivity contribution >= 4 is 27.3 Å². The summed E-state index contributed by atoms with van der Waals surface area (Å²) < 4.78 is 33.1. The molecule has 0 saturated heterocycles. The third-order valence-corrected chi connectivity index (χ3v) is 8.10. The number of benzene rings is 1. The number of anilines is 1. The Hall–Kier alpha value is -3.53. The first kappa shape index (κ1) is 26.5. The van der Waals surface area contributed by atoms with Crippen LogP contribution in [0.4, 0.5) is 5.69 Å². The Bertz CT molecular complexity index is 1360. The summed E-state index contributed by atoms with van der Waals surface area (Å²) in [6.45, 7) is 7.93. The molecular formula is C27H33N5O4S. The van der Waals surface area contributed by atoms with Gasteiger partial charge in [0.25, 0.3) is 0 Å². The average Bonchev–Trinajstić information content (AvgIpc) is 3.69. The minimum Gasteiger partial charge on any atom is -0.477 e. The molecule has 2 aromatic rings. The Labute approximate surface area is 218 Å². The lowest BCUT2D eigenvalue weighted by atomic mass is 9.84. The van der Waals surface area contributed by atoms with Gasteiger partial charge in [0.15, 0.2) is 0 Å². The van der Waals surface area contributed by atoms with Gasteiger partial charge in [-0.25, -0.2) is 18.4 Å². The van der Waals surface area contributed by atoms with Gasteiger partial charge in [-0.05, 0) is 77.7 Å². The largest absolute Gasteiger partial charge is 0.477 e. The zero-order chi connectivity index (χ0) is 26.6. The Morgan fingerprint density at radius 1 is 1.16 bits per heavy atom. The van der Waals surface area contributed by atoms with E-state index in [9.17, 15) is 13.2 Å². The highest BCUT2D eigenvalue weighted by atomic mass is 32.2.